The predicted molar refractivity (Wildman–Crippen MR) is 65.5 cm³/mol. The quantitative estimate of drug-likeness (QED) is 0.715. The van der Waals surface area contributed by atoms with Gasteiger partial charge in [-0.15, -0.1) is 0 Å². The standard InChI is InChI=1S/C12H23N3O2/c1-14-4-3-9(5-14)6-15(2)12(16)10-7-17-8-11(10)13/h9-11H,3-8,13H2,1-2H3. The average Bonchev–Trinajstić information content (AvgIpc) is 2.86. The number of rotatable bonds is 3. The summed E-state index contributed by atoms with van der Waals surface area (Å²) in [5.41, 5.74) is 5.87. The molecule has 0 aliphatic carbocycles. The molecule has 1 amide bonds. The number of amides is 1. The molecule has 2 saturated heterocycles. The van der Waals surface area contributed by atoms with Crippen LogP contribution in [0.15, 0.2) is 0 Å². The van der Waals surface area contributed by atoms with Gasteiger partial charge in [0.15, 0.2) is 0 Å². The molecule has 98 valence electrons. The Bertz CT molecular complexity index is 285. The van der Waals surface area contributed by atoms with E-state index in [1.54, 1.807) is 0 Å². The van der Waals surface area contributed by atoms with Gasteiger partial charge in [-0.1, -0.05) is 0 Å². The minimum atomic E-state index is -0.140. The smallest absolute Gasteiger partial charge is 0.229 e. The zero-order valence-corrected chi connectivity index (χ0v) is 10.8. The van der Waals surface area contributed by atoms with Crippen LogP contribution < -0.4 is 5.73 Å². The van der Waals surface area contributed by atoms with Gasteiger partial charge in [-0.05, 0) is 25.9 Å². The van der Waals surface area contributed by atoms with Crippen LogP contribution in [0.1, 0.15) is 6.42 Å². The van der Waals surface area contributed by atoms with Crippen molar-refractivity contribution in [3.63, 3.8) is 0 Å². The molecule has 2 aliphatic heterocycles. The molecule has 2 rings (SSSR count). The number of nitrogens with zero attached hydrogens (tertiary/aromatic N) is 2. The summed E-state index contributed by atoms with van der Waals surface area (Å²) in [5.74, 6) is 0.608. The Morgan fingerprint density at radius 2 is 2.29 bits per heavy atom. The van der Waals surface area contributed by atoms with Gasteiger partial charge in [0.1, 0.15) is 0 Å². The number of likely N-dealkylation sites (tertiary alicyclic amines) is 1. The van der Waals surface area contributed by atoms with E-state index in [4.69, 9.17) is 10.5 Å². The maximum Gasteiger partial charge on any atom is 0.229 e. The Balaban J connectivity index is 1.82. The van der Waals surface area contributed by atoms with Gasteiger partial charge in [0.05, 0.1) is 19.1 Å². The monoisotopic (exact) mass is 241 g/mol. The highest BCUT2D eigenvalue weighted by Gasteiger charge is 2.34. The number of carbonyl (C=O) groups is 1. The normalized spacial score (nSPS) is 34.2. The van der Waals surface area contributed by atoms with E-state index < -0.39 is 0 Å². The van der Waals surface area contributed by atoms with E-state index in [0.29, 0.717) is 19.1 Å². The van der Waals surface area contributed by atoms with Crippen LogP contribution in [0.5, 0.6) is 0 Å². The third-order valence-corrected chi connectivity index (χ3v) is 3.84. The summed E-state index contributed by atoms with van der Waals surface area (Å²) in [7, 11) is 4.01. The summed E-state index contributed by atoms with van der Waals surface area (Å²) in [6, 6.07) is -0.129. The predicted octanol–water partition coefficient (Wildman–Crippen LogP) is -0.630. The van der Waals surface area contributed by atoms with Crippen LogP contribution in [0, 0.1) is 11.8 Å². The summed E-state index contributed by atoms with van der Waals surface area (Å²) < 4.78 is 5.25. The second-order valence-electron chi connectivity index (χ2n) is 5.44. The summed E-state index contributed by atoms with van der Waals surface area (Å²) in [4.78, 5) is 16.3. The van der Waals surface area contributed by atoms with Gasteiger partial charge in [0.25, 0.3) is 0 Å². The molecule has 5 heteroatoms. The van der Waals surface area contributed by atoms with Crippen LogP contribution in [-0.4, -0.2) is 68.7 Å². The van der Waals surface area contributed by atoms with Crippen LogP contribution in [0.25, 0.3) is 0 Å². The molecular formula is C12H23N3O2. The van der Waals surface area contributed by atoms with Crippen molar-refractivity contribution in [1.82, 2.24) is 9.80 Å². The molecule has 0 saturated carbocycles. The molecule has 0 aromatic rings. The SMILES string of the molecule is CN1CCC(CN(C)C(=O)C2COCC2N)C1. The molecule has 5 nitrogen and oxygen atoms in total. The molecule has 3 atom stereocenters. The summed E-state index contributed by atoms with van der Waals surface area (Å²) in [5, 5.41) is 0. The summed E-state index contributed by atoms with van der Waals surface area (Å²) >= 11 is 0. The van der Waals surface area contributed by atoms with E-state index in [1.165, 1.54) is 6.42 Å². The highest BCUT2D eigenvalue weighted by atomic mass is 16.5. The summed E-state index contributed by atoms with van der Waals surface area (Å²) in [6.45, 7) is 4.06. The lowest BCUT2D eigenvalue weighted by Gasteiger charge is -2.25. The van der Waals surface area contributed by atoms with Gasteiger partial charge in [-0.2, -0.15) is 0 Å². The Kier molecular flexibility index (Phi) is 4.01. The van der Waals surface area contributed by atoms with E-state index in [1.807, 2.05) is 11.9 Å². The number of ether oxygens (including phenoxy) is 1. The van der Waals surface area contributed by atoms with E-state index in [2.05, 4.69) is 11.9 Å². The van der Waals surface area contributed by atoms with E-state index in [9.17, 15) is 4.79 Å². The van der Waals surface area contributed by atoms with Crippen molar-refractivity contribution in [2.75, 3.05) is 46.9 Å². The van der Waals surface area contributed by atoms with Crippen molar-refractivity contribution < 1.29 is 9.53 Å². The molecule has 17 heavy (non-hydrogen) atoms. The molecule has 2 heterocycles. The molecule has 2 aliphatic rings. The molecular weight excluding hydrogens is 218 g/mol. The number of hydrogen-bond acceptors (Lipinski definition) is 4. The van der Waals surface area contributed by atoms with Crippen molar-refractivity contribution >= 4 is 5.91 Å². The molecule has 2 N–H and O–H groups in total. The third kappa shape index (κ3) is 2.97. The minimum Gasteiger partial charge on any atom is -0.379 e. The topological polar surface area (TPSA) is 58.8 Å². The second-order valence-corrected chi connectivity index (χ2v) is 5.44. The largest absolute Gasteiger partial charge is 0.379 e. The number of hydrogen-bond donors (Lipinski definition) is 1. The Labute approximate surface area is 103 Å². The van der Waals surface area contributed by atoms with Crippen LogP contribution >= 0.6 is 0 Å². The van der Waals surface area contributed by atoms with Crippen molar-refractivity contribution in [3.05, 3.63) is 0 Å². The maximum atomic E-state index is 12.2. The minimum absolute atomic E-state index is 0.129. The van der Waals surface area contributed by atoms with Gasteiger partial charge in [0, 0.05) is 26.2 Å². The fraction of sp³-hybridized carbons (Fsp3) is 0.917. The molecule has 3 unspecified atom stereocenters. The van der Waals surface area contributed by atoms with Crippen LogP contribution in [0.4, 0.5) is 0 Å². The van der Waals surface area contributed by atoms with Gasteiger partial charge in [-0.3, -0.25) is 4.79 Å². The van der Waals surface area contributed by atoms with Gasteiger partial charge in [-0.25, -0.2) is 0 Å². The first kappa shape index (κ1) is 12.8. The molecule has 0 bridgehead atoms. The lowest BCUT2D eigenvalue weighted by molar-refractivity contribution is -0.135. The van der Waals surface area contributed by atoms with Gasteiger partial charge in [0.2, 0.25) is 5.91 Å². The number of carbonyl (C=O) groups excluding carboxylic acids is 1. The van der Waals surface area contributed by atoms with Crippen molar-refractivity contribution in [2.24, 2.45) is 17.6 Å². The molecule has 2 fully saturated rings. The van der Waals surface area contributed by atoms with Gasteiger partial charge < -0.3 is 20.3 Å². The second kappa shape index (κ2) is 5.33. The Morgan fingerprint density at radius 3 is 2.82 bits per heavy atom. The van der Waals surface area contributed by atoms with E-state index in [-0.39, 0.29) is 17.9 Å². The molecule has 0 spiro atoms. The van der Waals surface area contributed by atoms with Crippen LogP contribution in [-0.2, 0) is 9.53 Å². The van der Waals surface area contributed by atoms with E-state index >= 15 is 0 Å². The van der Waals surface area contributed by atoms with Crippen molar-refractivity contribution in [1.29, 1.82) is 0 Å². The van der Waals surface area contributed by atoms with Crippen molar-refractivity contribution in [2.45, 2.75) is 12.5 Å². The van der Waals surface area contributed by atoms with Crippen LogP contribution in [0.2, 0.25) is 0 Å². The lowest BCUT2D eigenvalue weighted by atomic mass is 10.0. The summed E-state index contributed by atoms with van der Waals surface area (Å²) in [6.07, 6.45) is 1.18. The average molecular weight is 241 g/mol. The first-order valence-electron chi connectivity index (χ1n) is 6.34. The first-order chi connectivity index (χ1) is 8.08. The van der Waals surface area contributed by atoms with Crippen molar-refractivity contribution in [3.8, 4) is 0 Å². The lowest BCUT2D eigenvalue weighted by Crippen LogP contribution is -2.43. The van der Waals surface area contributed by atoms with Gasteiger partial charge >= 0.3 is 0 Å². The van der Waals surface area contributed by atoms with E-state index in [0.717, 1.165) is 19.6 Å². The molecule has 0 aromatic carbocycles. The Morgan fingerprint density at radius 1 is 1.53 bits per heavy atom. The zero-order valence-electron chi connectivity index (χ0n) is 10.8. The maximum absolute atomic E-state index is 12.2. The number of nitrogens with two attached hydrogens (primary N) is 1. The molecule has 0 radical (unpaired) electrons. The highest BCUT2D eigenvalue weighted by Crippen LogP contribution is 2.18. The zero-order chi connectivity index (χ0) is 12.4. The molecule has 0 aromatic heterocycles. The third-order valence-electron chi connectivity index (χ3n) is 3.84. The fourth-order valence-corrected chi connectivity index (χ4v) is 2.76. The highest BCUT2D eigenvalue weighted by molar-refractivity contribution is 5.79. The Hall–Kier alpha value is -0.650. The van der Waals surface area contributed by atoms with Crippen LogP contribution in [0.3, 0.4) is 0 Å². The first-order valence-corrected chi connectivity index (χ1v) is 6.34. The fourth-order valence-electron chi connectivity index (χ4n) is 2.76.